The van der Waals surface area contributed by atoms with Crippen LogP contribution >= 0.6 is 0 Å². The number of rotatable bonds is 3. The summed E-state index contributed by atoms with van der Waals surface area (Å²) in [5.74, 6) is 0. The van der Waals surface area contributed by atoms with Gasteiger partial charge in [0.2, 0.25) is 0 Å². The number of imidazole rings is 1. The Balaban J connectivity index is 2.26. The van der Waals surface area contributed by atoms with E-state index < -0.39 is 0 Å². The molecule has 2 aromatic heterocycles. The predicted molar refractivity (Wildman–Crippen MR) is 52.6 cm³/mol. The van der Waals surface area contributed by atoms with Crippen LogP contribution in [-0.2, 0) is 6.42 Å². The highest BCUT2D eigenvalue weighted by atomic mass is 15.0. The molecule has 0 fully saturated rings. The van der Waals surface area contributed by atoms with Gasteiger partial charge in [-0.3, -0.25) is 0 Å². The molecule has 2 N–H and O–H groups in total. The van der Waals surface area contributed by atoms with Gasteiger partial charge in [-0.1, -0.05) is 6.07 Å². The van der Waals surface area contributed by atoms with Crippen molar-refractivity contribution >= 4 is 5.52 Å². The lowest BCUT2D eigenvalue weighted by atomic mass is 10.1. The Bertz CT molecular complexity index is 392. The van der Waals surface area contributed by atoms with Gasteiger partial charge in [0, 0.05) is 6.20 Å². The number of aryl methyl sites for hydroxylation is 1. The Kier molecular flexibility index (Phi) is 2.27. The summed E-state index contributed by atoms with van der Waals surface area (Å²) in [6.45, 7) is 0.752. The fourth-order valence-electron chi connectivity index (χ4n) is 1.42. The number of hydrogen-bond donors (Lipinski definition) is 1. The maximum absolute atomic E-state index is 5.45. The molecule has 3 nitrogen and oxygen atoms in total. The van der Waals surface area contributed by atoms with Gasteiger partial charge in [0.25, 0.3) is 0 Å². The Hall–Kier alpha value is -1.35. The highest BCUT2D eigenvalue weighted by molar-refractivity contribution is 5.45. The molecule has 0 unspecified atom stereocenters. The maximum Gasteiger partial charge on any atom is 0.0992 e. The molecule has 0 saturated carbocycles. The molecule has 0 aliphatic heterocycles. The lowest BCUT2D eigenvalue weighted by Crippen LogP contribution is -2.00. The smallest absolute Gasteiger partial charge is 0.0992 e. The first kappa shape index (κ1) is 8.26. The molecule has 2 rings (SSSR count). The van der Waals surface area contributed by atoms with Gasteiger partial charge in [0.1, 0.15) is 0 Å². The quantitative estimate of drug-likeness (QED) is 0.762. The van der Waals surface area contributed by atoms with Gasteiger partial charge >= 0.3 is 0 Å². The molecule has 0 amide bonds. The van der Waals surface area contributed by atoms with Crippen LogP contribution in [0.15, 0.2) is 30.9 Å². The molecule has 0 radical (unpaired) electrons. The van der Waals surface area contributed by atoms with Gasteiger partial charge in [0.05, 0.1) is 18.0 Å². The summed E-state index contributed by atoms with van der Waals surface area (Å²) in [6.07, 6.45) is 7.87. The lowest BCUT2D eigenvalue weighted by Gasteiger charge is -2.00. The molecule has 68 valence electrons. The fourth-order valence-corrected chi connectivity index (χ4v) is 1.42. The number of hydrogen-bond acceptors (Lipinski definition) is 2. The second-order valence-electron chi connectivity index (χ2n) is 3.16. The van der Waals surface area contributed by atoms with Crippen LogP contribution in [0.1, 0.15) is 12.0 Å². The Morgan fingerprint density at radius 2 is 2.31 bits per heavy atom. The first-order valence-corrected chi connectivity index (χ1v) is 4.51. The third-order valence-corrected chi connectivity index (χ3v) is 2.14. The highest BCUT2D eigenvalue weighted by Gasteiger charge is 1.95. The molecule has 13 heavy (non-hydrogen) atoms. The zero-order chi connectivity index (χ0) is 9.10. The lowest BCUT2D eigenvalue weighted by molar-refractivity contribution is 0.827. The maximum atomic E-state index is 5.45. The van der Waals surface area contributed by atoms with Gasteiger partial charge in [-0.15, -0.1) is 0 Å². The summed E-state index contributed by atoms with van der Waals surface area (Å²) in [4.78, 5) is 4.06. The molecule has 3 heteroatoms. The van der Waals surface area contributed by atoms with Crippen LogP contribution < -0.4 is 5.73 Å². The molecule has 0 bridgehead atoms. The van der Waals surface area contributed by atoms with Crippen LogP contribution in [-0.4, -0.2) is 15.9 Å². The van der Waals surface area contributed by atoms with Crippen molar-refractivity contribution in [2.75, 3.05) is 6.54 Å². The molecule has 0 aliphatic carbocycles. The second-order valence-corrected chi connectivity index (χ2v) is 3.16. The van der Waals surface area contributed by atoms with E-state index in [1.54, 1.807) is 0 Å². The van der Waals surface area contributed by atoms with Gasteiger partial charge in [-0.05, 0) is 31.0 Å². The zero-order valence-electron chi connectivity index (χ0n) is 7.48. The van der Waals surface area contributed by atoms with Crippen molar-refractivity contribution in [2.45, 2.75) is 12.8 Å². The summed E-state index contributed by atoms with van der Waals surface area (Å²) in [7, 11) is 0. The molecule has 2 heterocycles. The van der Waals surface area contributed by atoms with Crippen molar-refractivity contribution in [3.05, 3.63) is 36.4 Å². The molecule has 0 atom stereocenters. The van der Waals surface area contributed by atoms with Crippen LogP contribution in [0.25, 0.3) is 5.52 Å². The van der Waals surface area contributed by atoms with E-state index in [4.69, 9.17) is 5.73 Å². The molecule has 2 aromatic rings. The van der Waals surface area contributed by atoms with E-state index in [1.165, 1.54) is 5.56 Å². The topological polar surface area (TPSA) is 43.3 Å². The van der Waals surface area contributed by atoms with Crippen molar-refractivity contribution in [3.8, 4) is 0 Å². The summed E-state index contributed by atoms with van der Waals surface area (Å²) in [5, 5.41) is 0. The molecule has 0 saturated heterocycles. The summed E-state index contributed by atoms with van der Waals surface area (Å²) < 4.78 is 2.03. The number of nitrogens with two attached hydrogens (primary N) is 1. The first-order chi connectivity index (χ1) is 6.40. The Morgan fingerprint density at radius 3 is 3.15 bits per heavy atom. The molecular formula is C10H13N3. The van der Waals surface area contributed by atoms with Crippen molar-refractivity contribution in [1.82, 2.24) is 9.38 Å². The molecular weight excluding hydrogens is 162 g/mol. The van der Waals surface area contributed by atoms with Gasteiger partial charge in [-0.2, -0.15) is 0 Å². The molecule has 0 spiro atoms. The Labute approximate surface area is 77.2 Å². The van der Waals surface area contributed by atoms with Gasteiger partial charge < -0.3 is 10.1 Å². The van der Waals surface area contributed by atoms with E-state index in [9.17, 15) is 0 Å². The average molecular weight is 175 g/mol. The van der Waals surface area contributed by atoms with Crippen LogP contribution in [0, 0.1) is 0 Å². The number of nitrogens with zero attached hydrogens (tertiary/aromatic N) is 2. The number of fused-ring (bicyclic) bond motifs is 1. The number of aromatic nitrogens is 2. The minimum absolute atomic E-state index is 0.752. The minimum Gasteiger partial charge on any atom is -0.330 e. The van der Waals surface area contributed by atoms with Crippen molar-refractivity contribution in [2.24, 2.45) is 5.73 Å². The van der Waals surface area contributed by atoms with E-state index in [2.05, 4.69) is 23.3 Å². The van der Waals surface area contributed by atoms with Crippen LogP contribution in [0.4, 0.5) is 0 Å². The second kappa shape index (κ2) is 3.58. The van der Waals surface area contributed by atoms with Gasteiger partial charge in [-0.25, -0.2) is 4.98 Å². The number of pyridine rings is 1. The molecule has 0 aromatic carbocycles. The van der Waals surface area contributed by atoms with Gasteiger partial charge in [0.15, 0.2) is 0 Å². The predicted octanol–water partition coefficient (Wildman–Crippen LogP) is 1.23. The third kappa shape index (κ3) is 1.70. The SMILES string of the molecule is NCCCc1ccc2cncn2c1. The fraction of sp³-hybridized carbons (Fsp3) is 0.300. The highest BCUT2D eigenvalue weighted by Crippen LogP contribution is 2.07. The Morgan fingerprint density at radius 1 is 1.38 bits per heavy atom. The summed E-state index contributed by atoms with van der Waals surface area (Å²) in [6, 6.07) is 4.21. The van der Waals surface area contributed by atoms with E-state index in [0.29, 0.717) is 0 Å². The third-order valence-electron chi connectivity index (χ3n) is 2.14. The largest absolute Gasteiger partial charge is 0.330 e. The average Bonchev–Trinajstić information content (AvgIpc) is 2.61. The van der Waals surface area contributed by atoms with Crippen molar-refractivity contribution < 1.29 is 0 Å². The monoisotopic (exact) mass is 175 g/mol. The van der Waals surface area contributed by atoms with Crippen molar-refractivity contribution in [3.63, 3.8) is 0 Å². The van der Waals surface area contributed by atoms with Crippen LogP contribution in [0.3, 0.4) is 0 Å². The standard InChI is InChI=1S/C10H13N3/c11-5-1-2-9-3-4-10-6-12-8-13(10)7-9/h3-4,6-8H,1-2,5,11H2. The van der Waals surface area contributed by atoms with E-state index in [1.807, 2.05) is 16.9 Å². The van der Waals surface area contributed by atoms with Crippen molar-refractivity contribution in [1.29, 1.82) is 0 Å². The van der Waals surface area contributed by atoms with E-state index >= 15 is 0 Å². The van der Waals surface area contributed by atoms with E-state index in [-0.39, 0.29) is 0 Å². The normalized spacial score (nSPS) is 10.8. The molecule has 0 aliphatic rings. The zero-order valence-corrected chi connectivity index (χ0v) is 7.48. The first-order valence-electron chi connectivity index (χ1n) is 4.51. The summed E-state index contributed by atoms with van der Waals surface area (Å²) in [5.41, 5.74) is 7.90. The minimum atomic E-state index is 0.752. The summed E-state index contributed by atoms with van der Waals surface area (Å²) >= 11 is 0. The van der Waals surface area contributed by atoms with Crippen LogP contribution in [0.2, 0.25) is 0 Å². The van der Waals surface area contributed by atoms with E-state index in [0.717, 1.165) is 24.9 Å². The van der Waals surface area contributed by atoms with Crippen LogP contribution in [0.5, 0.6) is 0 Å².